The third-order valence-corrected chi connectivity index (χ3v) is 2.81. The smallest absolute Gasteiger partial charge is 0.268 e. The van der Waals surface area contributed by atoms with Crippen LogP contribution in [0.4, 0.5) is 0 Å². The number of nitrogens with two attached hydrogens (primary N) is 1. The third kappa shape index (κ3) is 2.46. The first kappa shape index (κ1) is 12.4. The average molecular weight is 247 g/mol. The number of nitrogens with one attached hydrogen (secondary N) is 2. The van der Waals surface area contributed by atoms with Gasteiger partial charge in [0.1, 0.15) is 11.4 Å². The molecule has 1 aromatic carbocycles. The summed E-state index contributed by atoms with van der Waals surface area (Å²) in [6.45, 7) is 4.08. The van der Waals surface area contributed by atoms with Gasteiger partial charge in [-0.1, -0.05) is 0 Å². The van der Waals surface area contributed by atoms with E-state index in [1.54, 1.807) is 24.3 Å². The largest absolute Gasteiger partial charge is 0.508 e. The van der Waals surface area contributed by atoms with Crippen molar-refractivity contribution >= 4 is 16.8 Å². The van der Waals surface area contributed by atoms with E-state index in [1.807, 2.05) is 13.8 Å². The van der Waals surface area contributed by atoms with E-state index in [4.69, 9.17) is 5.73 Å². The summed E-state index contributed by atoms with van der Waals surface area (Å²) in [6.07, 6.45) is 0. The van der Waals surface area contributed by atoms with Gasteiger partial charge in [-0.2, -0.15) is 0 Å². The van der Waals surface area contributed by atoms with E-state index >= 15 is 0 Å². The monoisotopic (exact) mass is 247 g/mol. The first-order chi connectivity index (χ1) is 8.41. The van der Waals surface area contributed by atoms with Crippen molar-refractivity contribution in [2.75, 3.05) is 6.54 Å². The highest BCUT2D eigenvalue weighted by Gasteiger charge is 2.20. The molecular weight excluding hydrogens is 230 g/mol. The number of aromatic nitrogens is 1. The Balaban J connectivity index is 2.28. The molecule has 0 saturated heterocycles. The van der Waals surface area contributed by atoms with Crippen molar-refractivity contribution in [2.45, 2.75) is 19.4 Å². The molecule has 5 heteroatoms. The molecule has 0 aliphatic heterocycles. The van der Waals surface area contributed by atoms with Gasteiger partial charge in [-0.15, -0.1) is 0 Å². The molecule has 2 aromatic rings. The molecule has 0 saturated carbocycles. The van der Waals surface area contributed by atoms with Crippen LogP contribution in [0.1, 0.15) is 24.3 Å². The molecule has 0 unspecified atom stereocenters. The maximum atomic E-state index is 12.0. The quantitative estimate of drug-likeness (QED) is 0.659. The Bertz CT molecular complexity index is 587. The fourth-order valence-electron chi connectivity index (χ4n) is 1.67. The van der Waals surface area contributed by atoms with Gasteiger partial charge in [-0.05, 0) is 38.1 Å². The standard InChI is InChI=1S/C13H17N3O2/c1-13(2,7-14)16-12(18)11-6-8-5-9(17)3-4-10(8)15-11/h3-6,15,17H,7,14H2,1-2H3,(H,16,18). The maximum Gasteiger partial charge on any atom is 0.268 e. The molecule has 1 aromatic heterocycles. The highest BCUT2D eigenvalue weighted by Crippen LogP contribution is 2.20. The van der Waals surface area contributed by atoms with Crippen LogP contribution >= 0.6 is 0 Å². The summed E-state index contributed by atoms with van der Waals surface area (Å²) in [5, 5.41) is 13.0. The molecule has 0 aliphatic rings. The second-order valence-corrected chi connectivity index (χ2v) is 5.00. The van der Waals surface area contributed by atoms with E-state index in [-0.39, 0.29) is 11.7 Å². The van der Waals surface area contributed by atoms with Gasteiger partial charge in [0.2, 0.25) is 0 Å². The molecule has 18 heavy (non-hydrogen) atoms. The lowest BCUT2D eigenvalue weighted by molar-refractivity contribution is 0.0911. The number of carbonyl (C=O) groups is 1. The number of aromatic hydroxyl groups is 1. The molecule has 0 spiro atoms. The Morgan fingerprint density at radius 1 is 1.44 bits per heavy atom. The number of phenolic OH excluding ortho intramolecular Hbond substituents is 1. The molecule has 0 aliphatic carbocycles. The molecule has 2 rings (SSSR count). The first-order valence-electron chi connectivity index (χ1n) is 5.75. The van der Waals surface area contributed by atoms with Crippen LogP contribution in [0, 0.1) is 0 Å². The van der Waals surface area contributed by atoms with Gasteiger partial charge in [0.25, 0.3) is 5.91 Å². The highest BCUT2D eigenvalue weighted by molar-refractivity contribution is 5.98. The number of phenols is 1. The maximum absolute atomic E-state index is 12.0. The van der Waals surface area contributed by atoms with Crippen LogP contribution in [0.25, 0.3) is 10.9 Å². The van der Waals surface area contributed by atoms with E-state index in [0.717, 1.165) is 10.9 Å². The normalized spacial score (nSPS) is 11.7. The van der Waals surface area contributed by atoms with Crippen LogP contribution in [-0.2, 0) is 0 Å². The number of benzene rings is 1. The molecule has 0 fully saturated rings. The molecule has 96 valence electrons. The van der Waals surface area contributed by atoms with Gasteiger partial charge in [-0.25, -0.2) is 0 Å². The van der Waals surface area contributed by atoms with Crippen molar-refractivity contribution in [2.24, 2.45) is 5.73 Å². The first-order valence-corrected chi connectivity index (χ1v) is 5.75. The molecule has 0 radical (unpaired) electrons. The van der Waals surface area contributed by atoms with Crippen molar-refractivity contribution in [3.05, 3.63) is 30.0 Å². The van der Waals surface area contributed by atoms with E-state index < -0.39 is 5.54 Å². The zero-order valence-corrected chi connectivity index (χ0v) is 10.4. The number of amides is 1. The fraction of sp³-hybridized carbons (Fsp3) is 0.308. The summed E-state index contributed by atoms with van der Waals surface area (Å²) in [7, 11) is 0. The molecule has 0 atom stereocenters. The van der Waals surface area contributed by atoms with Gasteiger partial charge in [0.15, 0.2) is 0 Å². The summed E-state index contributed by atoms with van der Waals surface area (Å²) in [5.74, 6) is -0.0307. The Morgan fingerprint density at radius 3 is 2.83 bits per heavy atom. The summed E-state index contributed by atoms with van der Waals surface area (Å²) in [5.41, 5.74) is 6.39. The molecule has 5 nitrogen and oxygen atoms in total. The Hall–Kier alpha value is -2.01. The van der Waals surface area contributed by atoms with Crippen molar-refractivity contribution in [3.63, 3.8) is 0 Å². The van der Waals surface area contributed by atoms with Gasteiger partial charge in [0.05, 0.1) is 0 Å². The van der Waals surface area contributed by atoms with Gasteiger partial charge in [-0.3, -0.25) is 4.79 Å². The number of hydrogen-bond acceptors (Lipinski definition) is 3. The molecule has 1 amide bonds. The Morgan fingerprint density at radius 2 is 2.17 bits per heavy atom. The molecular formula is C13H17N3O2. The minimum Gasteiger partial charge on any atom is -0.508 e. The van der Waals surface area contributed by atoms with E-state index in [1.165, 1.54) is 0 Å². The third-order valence-electron chi connectivity index (χ3n) is 2.81. The van der Waals surface area contributed by atoms with Gasteiger partial charge >= 0.3 is 0 Å². The van der Waals surface area contributed by atoms with E-state index in [0.29, 0.717) is 12.2 Å². The van der Waals surface area contributed by atoms with Crippen LogP contribution in [0.3, 0.4) is 0 Å². The second kappa shape index (κ2) is 4.34. The number of fused-ring (bicyclic) bond motifs is 1. The van der Waals surface area contributed by atoms with Crippen molar-refractivity contribution < 1.29 is 9.90 Å². The van der Waals surface area contributed by atoms with Gasteiger partial charge < -0.3 is 21.1 Å². The number of aromatic amines is 1. The average Bonchev–Trinajstić information content (AvgIpc) is 2.71. The van der Waals surface area contributed by atoms with Crippen LogP contribution in [0.5, 0.6) is 5.75 Å². The zero-order chi connectivity index (χ0) is 13.3. The predicted octanol–water partition coefficient (Wildman–Crippen LogP) is 1.34. The van der Waals surface area contributed by atoms with Crippen LogP contribution < -0.4 is 11.1 Å². The van der Waals surface area contributed by atoms with Crippen LogP contribution in [0.15, 0.2) is 24.3 Å². The molecule has 1 heterocycles. The minimum absolute atomic E-state index is 0.177. The number of rotatable bonds is 3. The van der Waals surface area contributed by atoms with Crippen molar-refractivity contribution in [1.82, 2.24) is 10.3 Å². The highest BCUT2D eigenvalue weighted by atomic mass is 16.3. The number of carbonyl (C=O) groups excluding carboxylic acids is 1. The lowest BCUT2D eigenvalue weighted by atomic mass is 10.1. The summed E-state index contributed by atoms with van der Waals surface area (Å²) in [6, 6.07) is 6.62. The topological polar surface area (TPSA) is 91.1 Å². The lowest BCUT2D eigenvalue weighted by Crippen LogP contribution is -2.48. The van der Waals surface area contributed by atoms with Crippen molar-refractivity contribution in [3.8, 4) is 5.75 Å². The Labute approximate surface area is 105 Å². The summed E-state index contributed by atoms with van der Waals surface area (Å²) >= 11 is 0. The fourth-order valence-corrected chi connectivity index (χ4v) is 1.67. The number of H-pyrrole nitrogens is 1. The Kier molecular flexibility index (Phi) is 3.00. The summed E-state index contributed by atoms with van der Waals surface area (Å²) in [4.78, 5) is 15.0. The zero-order valence-electron chi connectivity index (χ0n) is 10.4. The van der Waals surface area contributed by atoms with Crippen LogP contribution in [-0.4, -0.2) is 28.1 Å². The van der Waals surface area contributed by atoms with Gasteiger partial charge in [0, 0.05) is 23.0 Å². The molecule has 5 N–H and O–H groups in total. The van der Waals surface area contributed by atoms with Crippen LogP contribution in [0.2, 0.25) is 0 Å². The van der Waals surface area contributed by atoms with E-state index in [2.05, 4.69) is 10.3 Å². The van der Waals surface area contributed by atoms with E-state index in [9.17, 15) is 9.90 Å². The molecule has 0 bridgehead atoms. The SMILES string of the molecule is CC(C)(CN)NC(=O)c1cc2cc(O)ccc2[nH]1. The second-order valence-electron chi connectivity index (χ2n) is 5.00. The lowest BCUT2D eigenvalue weighted by Gasteiger charge is -2.23. The number of hydrogen-bond donors (Lipinski definition) is 4. The van der Waals surface area contributed by atoms with Crippen molar-refractivity contribution in [1.29, 1.82) is 0 Å². The minimum atomic E-state index is -0.448. The predicted molar refractivity (Wildman–Crippen MR) is 70.6 cm³/mol. The summed E-state index contributed by atoms with van der Waals surface area (Å²) < 4.78 is 0.